The van der Waals surface area contributed by atoms with Crippen LogP contribution in [0.25, 0.3) is 22.0 Å². The first-order valence-corrected chi connectivity index (χ1v) is 9.82. The summed E-state index contributed by atoms with van der Waals surface area (Å²) in [4.78, 5) is 29.0. The molecule has 0 bridgehead atoms. The Bertz CT molecular complexity index is 1310. The average molecular weight is 396 g/mol. The van der Waals surface area contributed by atoms with Crippen molar-refractivity contribution >= 4 is 34.0 Å². The summed E-state index contributed by atoms with van der Waals surface area (Å²) in [5.74, 6) is -0.146. The molecule has 1 aliphatic rings. The number of hydrogen-bond donors (Lipinski definition) is 2. The number of nitrogens with one attached hydrogen (secondary N) is 2. The molecule has 0 radical (unpaired) electrons. The summed E-state index contributed by atoms with van der Waals surface area (Å²) in [5.41, 5.74) is 5.04. The molecule has 6 heteroatoms. The summed E-state index contributed by atoms with van der Waals surface area (Å²) in [5, 5.41) is 7.78. The molecular weight excluding hydrogens is 376 g/mol. The second-order valence-electron chi connectivity index (χ2n) is 7.51. The van der Waals surface area contributed by atoms with E-state index in [2.05, 4.69) is 21.7 Å². The van der Waals surface area contributed by atoms with Crippen LogP contribution in [0.2, 0.25) is 0 Å². The van der Waals surface area contributed by atoms with Gasteiger partial charge in [0.2, 0.25) is 5.91 Å². The Morgan fingerprint density at radius 3 is 2.80 bits per heavy atom. The molecule has 30 heavy (non-hydrogen) atoms. The predicted octanol–water partition coefficient (Wildman–Crippen LogP) is 4.38. The van der Waals surface area contributed by atoms with Crippen molar-refractivity contribution in [2.75, 3.05) is 10.6 Å². The van der Waals surface area contributed by atoms with E-state index in [-0.39, 0.29) is 11.8 Å². The van der Waals surface area contributed by atoms with Crippen LogP contribution in [0, 0.1) is 0 Å². The number of imidazole rings is 1. The summed E-state index contributed by atoms with van der Waals surface area (Å²) in [6.07, 6.45) is 4.67. The number of benzene rings is 3. The van der Waals surface area contributed by atoms with E-state index in [9.17, 15) is 9.59 Å². The van der Waals surface area contributed by atoms with Crippen LogP contribution < -0.4 is 10.6 Å². The van der Waals surface area contributed by atoms with Crippen molar-refractivity contribution < 1.29 is 9.59 Å². The first-order valence-electron chi connectivity index (χ1n) is 9.82. The fraction of sp³-hybridized carbons (Fsp3) is 0.125. The fourth-order valence-corrected chi connectivity index (χ4v) is 3.94. The molecule has 5 rings (SSSR count). The van der Waals surface area contributed by atoms with Gasteiger partial charge in [0.05, 0.1) is 18.2 Å². The van der Waals surface area contributed by atoms with Crippen molar-refractivity contribution in [3.8, 4) is 11.3 Å². The van der Waals surface area contributed by atoms with E-state index in [1.807, 2.05) is 60.1 Å². The van der Waals surface area contributed by atoms with Crippen LogP contribution in [0.3, 0.4) is 0 Å². The normalized spacial score (nSPS) is 13.0. The Hall–Kier alpha value is -3.93. The lowest BCUT2D eigenvalue weighted by Gasteiger charge is -2.18. The molecule has 2 N–H and O–H groups in total. The minimum atomic E-state index is -0.171. The van der Waals surface area contributed by atoms with E-state index in [4.69, 9.17) is 0 Å². The third kappa shape index (κ3) is 3.22. The lowest BCUT2D eigenvalue weighted by atomic mass is 9.98. The molecular formula is C24H20N4O2. The van der Waals surface area contributed by atoms with Crippen molar-refractivity contribution in [2.24, 2.45) is 7.05 Å². The van der Waals surface area contributed by atoms with Gasteiger partial charge in [0.25, 0.3) is 5.91 Å². The molecule has 148 valence electrons. The van der Waals surface area contributed by atoms with Gasteiger partial charge in [-0.15, -0.1) is 0 Å². The van der Waals surface area contributed by atoms with Gasteiger partial charge >= 0.3 is 0 Å². The number of carbonyl (C=O) groups excluding carboxylic acids is 2. The lowest BCUT2D eigenvalue weighted by Crippen LogP contribution is -2.19. The monoisotopic (exact) mass is 396 g/mol. The number of aryl methyl sites for hydroxylation is 2. The Kier molecular flexibility index (Phi) is 4.32. The molecule has 0 atom stereocenters. The van der Waals surface area contributed by atoms with Gasteiger partial charge < -0.3 is 15.2 Å². The maximum Gasteiger partial charge on any atom is 0.256 e. The highest BCUT2D eigenvalue weighted by Gasteiger charge is 2.17. The first kappa shape index (κ1) is 18.1. The second kappa shape index (κ2) is 7.15. The summed E-state index contributed by atoms with van der Waals surface area (Å²) in [6, 6.07) is 17.4. The number of amides is 2. The van der Waals surface area contributed by atoms with Crippen molar-refractivity contribution in [1.29, 1.82) is 0 Å². The van der Waals surface area contributed by atoms with Crippen molar-refractivity contribution in [3.05, 3.63) is 78.2 Å². The van der Waals surface area contributed by atoms with Crippen LogP contribution in [0.5, 0.6) is 0 Å². The highest BCUT2D eigenvalue weighted by molar-refractivity contribution is 6.14. The van der Waals surface area contributed by atoms with Gasteiger partial charge in [-0.2, -0.15) is 0 Å². The quantitative estimate of drug-likeness (QED) is 0.540. The van der Waals surface area contributed by atoms with Gasteiger partial charge in [-0.05, 0) is 53.1 Å². The van der Waals surface area contributed by atoms with Crippen molar-refractivity contribution in [2.45, 2.75) is 12.8 Å². The van der Waals surface area contributed by atoms with Gasteiger partial charge in [-0.3, -0.25) is 9.59 Å². The molecule has 1 aliphatic heterocycles. The minimum absolute atomic E-state index is 0.0257. The molecule has 3 aromatic carbocycles. The Balaban J connectivity index is 1.53. The number of hydrogen-bond acceptors (Lipinski definition) is 3. The second-order valence-corrected chi connectivity index (χ2v) is 7.51. The first-order chi connectivity index (χ1) is 14.6. The maximum absolute atomic E-state index is 13.3. The van der Waals surface area contributed by atoms with E-state index in [0.717, 1.165) is 33.3 Å². The van der Waals surface area contributed by atoms with Crippen LogP contribution in [-0.2, 0) is 18.3 Å². The minimum Gasteiger partial charge on any atom is -0.334 e. The molecule has 0 aliphatic carbocycles. The van der Waals surface area contributed by atoms with Crippen LogP contribution in [0.1, 0.15) is 22.3 Å². The average Bonchev–Trinajstić information content (AvgIpc) is 3.19. The molecule has 1 aromatic heterocycles. The van der Waals surface area contributed by atoms with Gasteiger partial charge in [-0.25, -0.2) is 4.98 Å². The molecule has 2 amide bonds. The SMILES string of the molecule is Cn1cncc1-c1cc(C(=O)Nc2ccc3c(c2)CCC(=O)N3)c2ccccc2c1. The van der Waals surface area contributed by atoms with E-state index in [1.165, 1.54) is 0 Å². The molecule has 0 saturated carbocycles. The summed E-state index contributed by atoms with van der Waals surface area (Å²) >= 11 is 0. The smallest absolute Gasteiger partial charge is 0.256 e. The number of anilines is 2. The van der Waals surface area contributed by atoms with Gasteiger partial charge in [-0.1, -0.05) is 24.3 Å². The highest BCUT2D eigenvalue weighted by Crippen LogP contribution is 2.29. The van der Waals surface area contributed by atoms with Crippen LogP contribution in [0.15, 0.2) is 67.1 Å². The van der Waals surface area contributed by atoms with Gasteiger partial charge in [0.15, 0.2) is 0 Å². The van der Waals surface area contributed by atoms with Crippen molar-refractivity contribution in [3.63, 3.8) is 0 Å². The zero-order valence-electron chi connectivity index (χ0n) is 16.5. The van der Waals surface area contributed by atoms with Crippen LogP contribution in [-0.4, -0.2) is 21.4 Å². The topological polar surface area (TPSA) is 76.0 Å². The van der Waals surface area contributed by atoms with Crippen molar-refractivity contribution in [1.82, 2.24) is 9.55 Å². The number of rotatable bonds is 3. The standard InChI is InChI=1S/C24H20N4O2/c1-28-14-25-13-22(28)17-10-15-4-2-3-5-19(15)20(12-17)24(30)26-18-7-8-21-16(11-18)6-9-23(29)27-21/h2-5,7-8,10-14H,6,9H2,1H3,(H,26,30)(H,27,29). The fourth-order valence-electron chi connectivity index (χ4n) is 3.94. The van der Waals surface area contributed by atoms with E-state index < -0.39 is 0 Å². The Labute approximate surface area is 173 Å². The maximum atomic E-state index is 13.3. The van der Waals surface area contributed by atoms with E-state index >= 15 is 0 Å². The molecule has 0 saturated heterocycles. The highest BCUT2D eigenvalue weighted by atomic mass is 16.2. The number of nitrogens with zero attached hydrogens (tertiary/aromatic N) is 2. The Morgan fingerprint density at radius 1 is 1.10 bits per heavy atom. The van der Waals surface area contributed by atoms with E-state index in [0.29, 0.717) is 24.1 Å². The lowest BCUT2D eigenvalue weighted by molar-refractivity contribution is -0.116. The predicted molar refractivity (Wildman–Crippen MR) is 117 cm³/mol. The zero-order valence-corrected chi connectivity index (χ0v) is 16.5. The Morgan fingerprint density at radius 2 is 1.97 bits per heavy atom. The summed E-state index contributed by atoms with van der Waals surface area (Å²) < 4.78 is 1.93. The molecule has 0 unspecified atom stereocenters. The van der Waals surface area contributed by atoms with Gasteiger partial charge in [0, 0.05) is 36.0 Å². The van der Waals surface area contributed by atoms with Gasteiger partial charge in [0.1, 0.15) is 0 Å². The number of aromatic nitrogens is 2. The molecule has 0 fully saturated rings. The third-order valence-corrected chi connectivity index (χ3v) is 5.48. The van der Waals surface area contributed by atoms with Crippen LogP contribution >= 0.6 is 0 Å². The summed E-state index contributed by atoms with van der Waals surface area (Å²) in [6.45, 7) is 0. The number of fused-ring (bicyclic) bond motifs is 2. The molecule has 6 nitrogen and oxygen atoms in total. The van der Waals surface area contributed by atoms with E-state index in [1.54, 1.807) is 12.5 Å². The molecule has 2 heterocycles. The zero-order chi connectivity index (χ0) is 20.7. The molecule has 0 spiro atoms. The van der Waals surface area contributed by atoms with Crippen LogP contribution in [0.4, 0.5) is 11.4 Å². The number of carbonyl (C=O) groups is 2. The summed E-state index contributed by atoms with van der Waals surface area (Å²) in [7, 11) is 1.93. The third-order valence-electron chi connectivity index (χ3n) is 5.48. The molecule has 4 aromatic rings. The largest absolute Gasteiger partial charge is 0.334 e.